The van der Waals surface area contributed by atoms with Crippen LogP contribution < -0.4 is 15.9 Å². The Morgan fingerprint density at radius 3 is 1.26 bits per heavy atom. The van der Waals surface area contributed by atoms with Crippen LogP contribution in [0.5, 0.6) is 0 Å². The molecule has 0 saturated carbocycles. The Kier molecular flexibility index (Phi) is 8.48. The molecule has 5 heteroatoms. The third-order valence-corrected chi connectivity index (χ3v) is 13.9. The molecule has 0 N–H and O–H groups in total. The second kappa shape index (κ2) is 11.9. The first-order valence-corrected chi connectivity index (χ1v) is 17.3. The van der Waals surface area contributed by atoms with E-state index in [9.17, 15) is 0 Å². The molecule has 4 aromatic carbocycles. The van der Waals surface area contributed by atoms with E-state index in [-0.39, 0.29) is 0 Å². The van der Waals surface area contributed by atoms with Gasteiger partial charge in [0.1, 0.15) is 0 Å². The number of hydrogen-bond acceptors (Lipinski definition) is 4. The monoisotopic (exact) mass is 648 g/mol. The standard InChI is InChI=1S/2C15H15N2.Hg/c2*1-17(2)15-10-8-14(9-11-15)16-12-13-6-4-3-5-7-13;/h2*3-6,8-12H,1-2H3;. The minimum atomic E-state index is -1.64. The van der Waals surface area contributed by atoms with E-state index in [4.69, 9.17) is 9.98 Å². The summed E-state index contributed by atoms with van der Waals surface area (Å²) < 4.78 is 2.91. The zero-order valence-corrected chi connectivity index (χ0v) is 26.4. The molecule has 0 spiro atoms. The Morgan fingerprint density at radius 2 is 0.886 bits per heavy atom. The van der Waals surface area contributed by atoms with Gasteiger partial charge in [0.2, 0.25) is 0 Å². The van der Waals surface area contributed by atoms with Crippen LogP contribution in [0.1, 0.15) is 11.1 Å². The Morgan fingerprint density at radius 1 is 0.514 bits per heavy atom. The Labute approximate surface area is 221 Å². The number of anilines is 2. The van der Waals surface area contributed by atoms with Crippen molar-refractivity contribution in [3.63, 3.8) is 0 Å². The molecule has 0 atom stereocenters. The number of hydrogen-bond donors (Lipinski definition) is 0. The maximum atomic E-state index is 4.76. The van der Waals surface area contributed by atoms with Crippen LogP contribution in [0.25, 0.3) is 0 Å². The van der Waals surface area contributed by atoms with Gasteiger partial charge in [0.15, 0.2) is 0 Å². The predicted octanol–water partition coefficient (Wildman–Crippen LogP) is 5.35. The molecule has 0 radical (unpaired) electrons. The SMILES string of the molecule is CN(C)c1ccc(N=Cc2cccc[c]2[Hg][c]2ccccc2C=Nc2ccc(N(C)C)cc2)cc1. The van der Waals surface area contributed by atoms with E-state index in [1.165, 1.54) is 28.6 Å². The zero-order chi connectivity index (χ0) is 24.6. The van der Waals surface area contributed by atoms with E-state index in [0.29, 0.717) is 0 Å². The summed E-state index contributed by atoms with van der Waals surface area (Å²) in [7, 11) is 8.19. The van der Waals surface area contributed by atoms with Crippen molar-refractivity contribution < 1.29 is 24.6 Å². The molecule has 0 unspecified atom stereocenters. The number of benzene rings is 4. The first kappa shape index (κ1) is 24.9. The third kappa shape index (κ3) is 6.89. The van der Waals surface area contributed by atoms with Gasteiger partial charge in [-0.2, -0.15) is 0 Å². The van der Waals surface area contributed by atoms with E-state index < -0.39 is 24.6 Å². The molecule has 0 aliphatic heterocycles. The molecule has 0 aliphatic rings. The summed E-state index contributed by atoms with van der Waals surface area (Å²) in [4.78, 5) is 13.7. The summed E-state index contributed by atoms with van der Waals surface area (Å²) in [5.41, 5.74) is 6.72. The van der Waals surface area contributed by atoms with Gasteiger partial charge in [-0.3, -0.25) is 0 Å². The molecule has 0 aromatic heterocycles. The Balaban J connectivity index is 1.53. The summed E-state index contributed by atoms with van der Waals surface area (Å²) in [5.74, 6) is 0. The van der Waals surface area contributed by atoms with Crippen molar-refractivity contribution in [2.75, 3.05) is 38.0 Å². The van der Waals surface area contributed by atoms with Gasteiger partial charge in [-0.1, -0.05) is 0 Å². The van der Waals surface area contributed by atoms with Gasteiger partial charge in [-0.15, -0.1) is 0 Å². The summed E-state index contributed by atoms with van der Waals surface area (Å²) in [6.07, 6.45) is 4.03. The van der Waals surface area contributed by atoms with Crippen molar-refractivity contribution in [1.29, 1.82) is 0 Å². The second-order valence-electron chi connectivity index (χ2n) is 8.91. The molecule has 0 aliphatic carbocycles. The van der Waals surface area contributed by atoms with Crippen molar-refractivity contribution >= 4 is 41.3 Å². The summed E-state index contributed by atoms with van der Waals surface area (Å²) in [6.45, 7) is 0. The van der Waals surface area contributed by atoms with Gasteiger partial charge in [-0.25, -0.2) is 0 Å². The fourth-order valence-electron chi connectivity index (χ4n) is 3.81. The van der Waals surface area contributed by atoms with Crippen LogP contribution in [0.2, 0.25) is 0 Å². The summed E-state index contributed by atoms with van der Waals surface area (Å²) in [5, 5.41) is 0. The zero-order valence-electron chi connectivity index (χ0n) is 20.9. The van der Waals surface area contributed by atoms with Gasteiger partial charge in [0, 0.05) is 0 Å². The van der Waals surface area contributed by atoms with Gasteiger partial charge in [0.25, 0.3) is 0 Å². The van der Waals surface area contributed by atoms with Crippen molar-refractivity contribution in [3.8, 4) is 0 Å². The molecule has 0 amide bonds. The van der Waals surface area contributed by atoms with Crippen LogP contribution in [0.4, 0.5) is 22.7 Å². The van der Waals surface area contributed by atoms with Crippen LogP contribution in [-0.2, 0) is 24.6 Å². The van der Waals surface area contributed by atoms with Gasteiger partial charge < -0.3 is 0 Å². The maximum absolute atomic E-state index is 4.76. The van der Waals surface area contributed by atoms with E-state index in [1.807, 2.05) is 40.6 Å². The molecular weight excluding hydrogens is 617 g/mol. The second-order valence-corrected chi connectivity index (χ2v) is 16.2. The minimum absolute atomic E-state index is 0.967. The summed E-state index contributed by atoms with van der Waals surface area (Å²) in [6, 6.07) is 34.0. The van der Waals surface area contributed by atoms with Gasteiger partial charge in [-0.05, 0) is 0 Å². The molecule has 4 aromatic rings. The fourth-order valence-corrected chi connectivity index (χ4v) is 10.6. The molecule has 4 nitrogen and oxygen atoms in total. The van der Waals surface area contributed by atoms with E-state index in [2.05, 4.69) is 107 Å². The molecule has 172 valence electrons. The molecule has 0 saturated heterocycles. The number of aliphatic imine (C=N–C) groups is 2. The molecular formula is C30H30HgN4. The van der Waals surface area contributed by atoms with Crippen LogP contribution in [0.15, 0.2) is 107 Å². The number of rotatable bonds is 8. The first-order valence-electron chi connectivity index (χ1n) is 11.8. The fraction of sp³-hybridized carbons (Fsp3) is 0.133. The third-order valence-electron chi connectivity index (χ3n) is 5.93. The number of nitrogens with zero attached hydrogens (tertiary/aromatic N) is 4. The van der Waals surface area contributed by atoms with Crippen LogP contribution in [0.3, 0.4) is 0 Å². The molecule has 0 fully saturated rings. The van der Waals surface area contributed by atoms with Crippen molar-refractivity contribution in [1.82, 2.24) is 0 Å². The quantitative estimate of drug-likeness (QED) is 0.191. The van der Waals surface area contributed by atoms with Gasteiger partial charge in [0.05, 0.1) is 0 Å². The summed E-state index contributed by atoms with van der Waals surface area (Å²) >= 11 is -1.64. The normalized spacial score (nSPS) is 11.1. The Bertz CT molecular complexity index is 1200. The molecule has 0 bridgehead atoms. The van der Waals surface area contributed by atoms with E-state index >= 15 is 0 Å². The van der Waals surface area contributed by atoms with Crippen molar-refractivity contribution in [3.05, 3.63) is 108 Å². The van der Waals surface area contributed by atoms with E-state index in [1.54, 1.807) is 0 Å². The molecule has 35 heavy (non-hydrogen) atoms. The van der Waals surface area contributed by atoms with Crippen molar-refractivity contribution in [2.45, 2.75) is 0 Å². The predicted molar refractivity (Wildman–Crippen MR) is 148 cm³/mol. The van der Waals surface area contributed by atoms with Crippen LogP contribution in [-0.4, -0.2) is 40.6 Å². The Hall–Kier alpha value is -3.24. The van der Waals surface area contributed by atoms with E-state index in [0.717, 1.165) is 11.4 Å². The van der Waals surface area contributed by atoms with Crippen LogP contribution in [0, 0.1) is 0 Å². The first-order chi connectivity index (χ1) is 17.0. The van der Waals surface area contributed by atoms with Crippen molar-refractivity contribution in [2.24, 2.45) is 9.98 Å². The molecule has 0 heterocycles. The average Bonchev–Trinajstić information content (AvgIpc) is 2.88. The average molecular weight is 647 g/mol. The van der Waals surface area contributed by atoms with Gasteiger partial charge >= 0.3 is 222 Å². The topological polar surface area (TPSA) is 31.2 Å². The molecule has 4 rings (SSSR count). The van der Waals surface area contributed by atoms with Crippen LogP contribution >= 0.6 is 0 Å².